The predicted molar refractivity (Wildman–Crippen MR) is 113 cm³/mol. The maximum Gasteiger partial charge on any atom is 0.251 e. The van der Waals surface area contributed by atoms with Crippen molar-refractivity contribution in [2.45, 2.75) is 37.9 Å². The van der Waals surface area contributed by atoms with Gasteiger partial charge in [-0.3, -0.25) is 4.79 Å². The van der Waals surface area contributed by atoms with Gasteiger partial charge in [-0.15, -0.1) is 0 Å². The number of nitrogens with zero attached hydrogens (tertiary/aromatic N) is 1. The van der Waals surface area contributed by atoms with Crippen LogP contribution in [0.25, 0.3) is 0 Å². The van der Waals surface area contributed by atoms with Crippen molar-refractivity contribution >= 4 is 15.9 Å². The van der Waals surface area contributed by atoms with Gasteiger partial charge in [-0.25, -0.2) is 13.1 Å². The van der Waals surface area contributed by atoms with Crippen molar-refractivity contribution in [1.29, 1.82) is 0 Å². The van der Waals surface area contributed by atoms with Crippen molar-refractivity contribution in [2.75, 3.05) is 21.2 Å². The molecule has 7 nitrogen and oxygen atoms in total. The molecule has 0 spiro atoms. The van der Waals surface area contributed by atoms with Gasteiger partial charge in [0, 0.05) is 24.7 Å². The summed E-state index contributed by atoms with van der Waals surface area (Å²) in [5.74, 6) is -0.167. The first-order valence-corrected chi connectivity index (χ1v) is 10.8. The van der Waals surface area contributed by atoms with Gasteiger partial charge in [0.2, 0.25) is 10.0 Å². The number of ether oxygens (including phenoxy) is 1. The molecular formula is C21H29N3O4S. The fraction of sp³-hybridized carbons (Fsp3) is 0.381. The smallest absolute Gasteiger partial charge is 0.251 e. The van der Waals surface area contributed by atoms with E-state index in [9.17, 15) is 13.2 Å². The number of nitrogens with one attached hydrogen (secondary N) is 2. The number of sulfonamides is 1. The van der Waals surface area contributed by atoms with Gasteiger partial charge in [-0.2, -0.15) is 0 Å². The van der Waals surface area contributed by atoms with Crippen LogP contribution in [0.5, 0.6) is 5.75 Å². The Bertz CT molecular complexity index is 956. The Hall–Kier alpha value is -2.42. The number of hydrogen-bond acceptors (Lipinski definition) is 5. The molecule has 0 aliphatic rings. The number of amides is 1. The van der Waals surface area contributed by atoms with Gasteiger partial charge in [0.25, 0.3) is 5.91 Å². The molecule has 0 bridgehead atoms. The zero-order valence-electron chi connectivity index (χ0n) is 17.5. The van der Waals surface area contributed by atoms with E-state index in [0.717, 1.165) is 17.7 Å². The van der Waals surface area contributed by atoms with Crippen LogP contribution >= 0.6 is 0 Å². The van der Waals surface area contributed by atoms with Crippen LogP contribution in [0, 0.1) is 0 Å². The molecule has 0 atom stereocenters. The van der Waals surface area contributed by atoms with E-state index in [1.54, 1.807) is 19.9 Å². The second-order valence-electron chi connectivity index (χ2n) is 7.33. The molecule has 0 radical (unpaired) electrons. The van der Waals surface area contributed by atoms with Crippen molar-refractivity contribution in [3.63, 3.8) is 0 Å². The molecule has 0 aromatic heterocycles. The summed E-state index contributed by atoms with van der Waals surface area (Å²) in [6.07, 6.45) is 0. The topological polar surface area (TPSA) is 87.7 Å². The largest absolute Gasteiger partial charge is 0.495 e. The Kier molecular flexibility index (Phi) is 7.78. The lowest BCUT2D eigenvalue weighted by molar-refractivity contribution is 0.0950. The summed E-state index contributed by atoms with van der Waals surface area (Å²) in [5, 5.41) is 2.87. The molecule has 2 aromatic rings. The van der Waals surface area contributed by atoms with Crippen molar-refractivity contribution in [2.24, 2.45) is 0 Å². The van der Waals surface area contributed by atoms with Crippen LogP contribution < -0.4 is 14.8 Å². The molecule has 2 aromatic carbocycles. The molecule has 8 heteroatoms. The molecule has 1 amide bonds. The van der Waals surface area contributed by atoms with Gasteiger partial charge in [-0.1, -0.05) is 24.3 Å². The quantitative estimate of drug-likeness (QED) is 0.652. The summed E-state index contributed by atoms with van der Waals surface area (Å²) in [5.41, 5.74) is 2.38. The van der Waals surface area contributed by atoms with Crippen LogP contribution in [0.4, 0.5) is 0 Å². The van der Waals surface area contributed by atoms with E-state index in [1.807, 2.05) is 38.4 Å². The number of methoxy groups -OCH3 is 1. The number of rotatable bonds is 9. The van der Waals surface area contributed by atoms with Gasteiger partial charge in [0.05, 0.1) is 7.11 Å². The molecule has 2 rings (SSSR count). The third-order valence-corrected chi connectivity index (χ3v) is 5.83. The van der Waals surface area contributed by atoms with Crippen LogP contribution in [0.2, 0.25) is 0 Å². The lowest BCUT2D eigenvalue weighted by atomic mass is 10.1. The normalized spacial score (nSPS) is 11.7. The Morgan fingerprint density at radius 1 is 1.10 bits per heavy atom. The van der Waals surface area contributed by atoms with Crippen molar-refractivity contribution in [3.8, 4) is 5.75 Å². The van der Waals surface area contributed by atoms with Gasteiger partial charge in [0.1, 0.15) is 10.6 Å². The Morgan fingerprint density at radius 3 is 2.34 bits per heavy atom. The third kappa shape index (κ3) is 6.28. The molecule has 158 valence electrons. The van der Waals surface area contributed by atoms with Gasteiger partial charge >= 0.3 is 0 Å². The first kappa shape index (κ1) is 22.9. The number of benzene rings is 2. The van der Waals surface area contributed by atoms with E-state index in [1.165, 1.54) is 19.2 Å². The maximum atomic E-state index is 12.7. The zero-order valence-corrected chi connectivity index (χ0v) is 18.3. The van der Waals surface area contributed by atoms with Gasteiger partial charge < -0.3 is 15.0 Å². The monoisotopic (exact) mass is 419 g/mol. The number of hydrogen-bond donors (Lipinski definition) is 2. The van der Waals surface area contributed by atoms with Crippen molar-refractivity contribution in [1.82, 2.24) is 14.9 Å². The maximum absolute atomic E-state index is 12.7. The summed E-state index contributed by atoms with van der Waals surface area (Å²) < 4.78 is 32.9. The molecule has 0 saturated carbocycles. The van der Waals surface area contributed by atoms with Crippen LogP contribution in [0.3, 0.4) is 0 Å². The summed E-state index contributed by atoms with van der Waals surface area (Å²) in [6, 6.07) is 12.0. The molecule has 0 fully saturated rings. The highest BCUT2D eigenvalue weighted by molar-refractivity contribution is 7.89. The first-order valence-electron chi connectivity index (χ1n) is 9.34. The van der Waals surface area contributed by atoms with Crippen LogP contribution in [0.1, 0.15) is 35.3 Å². The molecule has 0 saturated heterocycles. The van der Waals surface area contributed by atoms with Crippen molar-refractivity contribution < 1.29 is 17.9 Å². The number of carbonyl (C=O) groups is 1. The van der Waals surface area contributed by atoms with Crippen LogP contribution in [-0.4, -0.2) is 46.5 Å². The first-order chi connectivity index (χ1) is 13.6. The highest BCUT2D eigenvalue weighted by Gasteiger charge is 2.22. The van der Waals surface area contributed by atoms with E-state index in [-0.39, 0.29) is 28.2 Å². The fourth-order valence-corrected chi connectivity index (χ4v) is 4.35. The molecule has 0 aliphatic heterocycles. The molecule has 0 heterocycles. The minimum Gasteiger partial charge on any atom is -0.495 e. The number of carbonyl (C=O) groups excluding carboxylic acids is 1. The average molecular weight is 420 g/mol. The van der Waals surface area contributed by atoms with Crippen LogP contribution in [-0.2, 0) is 23.1 Å². The average Bonchev–Trinajstić information content (AvgIpc) is 2.65. The fourth-order valence-electron chi connectivity index (χ4n) is 2.90. The van der Waals surface area contributed by atoms with Crippen molar-refractivity contribution in [3.05, 3.63) is 59.2 Å². The standard InChI is InChI=1S/C21H29N3O4S/c1-15(2)23-29(26,27)20-12-16(10-11-19(20)28-5)21(25)22-13-17-8-6-7-9-18(17)14-24(3)4/h6-12,15,23H,13-14H2,1-5H3,(H,22,25). The van der Waals surface area contributed by atoms with E-state index in [0.29, 0.717) is 6.54 Å². The van der Waals surface area contributed by atoms with Gasteiger partial charge in [0.15, 0.2) is 0 Å². The Morgan fingerprint density at radius 2 is 1.76 bits per heavy atom. The minimum atomic E-state index is -3.81. The summed E-state index contributed by atoms with van der Waals surface area (Å²) in [6.45, 7) is 4.57. The highest BCUT2D eigenvalue weighted by atomic mass is 32.2. The van der Waals surface area contributed by atoms with E-state index in [2.05, 4.69) is 14.9 Å². The van der Waals surface area contributed by atoms with Crippen LogP contribution in [0.15, 0.2) is 47.4 Å². The molecular weight excluding hydrogens is 390 g/mol. The second kappa shape index (κ2) is 9.87. The Labute approximate surface area is 173 Å². The SMILES string of the molecule is COc1ccc(C(=O)NCc2ccccc2CN(C)C)cc1S(=O)(=O)NC(C)C. The third-order valence-electron chi connectivity index (χ3n) is 4.15. The Balaban J connectivity index is 2.23. The summed E-state index contributed by atoms with van der Waals surface area (Å²) >= 11 is 0. The summed E-state index contributed by atoms with van der Waals surface area (Å²) in [4.78, 5) is 14.7. The zero-order chi connectivity index (χ0) is 21.6. The van der Waals surface area contributed by atoms with E-state index in [4.69, 9.17) is 4.74 Å². The van der Waals surface area contributed by atoms with E-state index < -0.39 is 10.0 Å². The second-order valence-corrected chi connectivity index (χ2v) is 9.01. The van der Waals surface area contributed by atoms with Gasteiger partial charge in [-0.05, 0) is 57.3 Å². The lowest BCUT2D eigenvalue weighted by Gasteiger charge is -2.16. The molecule has 29 heavy (non-hydrogen) atoms. The lowest BCUT2D eigenvalue weighted by Crippen LogP contribution is -2.31. The molecule has 2 N–H and O–H groups in total. The molecule has 0 aliphatic carbocycles. The predicted octanol–water partition coefficient (Wildman–Crippen LogP) is 2.37. The highest BCUT2D eigenvalue weighted by Crippen LogP contribution is 2.25. The van der Waals surface area contributed by atoms with E-state index >= 15 is 0 Å². The summed E-state index contributed by atoms with van der Waals surface area (Å²) in [7, 11) is 1.56. The minimum absolute atomic E-state index is 0.0608. The molecule has 0 unspecified atom stereocenters.